The van der Waals surface area contributed by atoms with Crippen LogP contribution < -0.4 is 0 Å². The van der Waals surface area contributed by atoms with E-state index < -0.39 is 52.8 Å². The lowest BCUT2D eigenvalue weighted by molar-refractivity contribution is 0.469. The van der Waals surface area contributed by atoms with Gasteiger partial charge in [0.25, 0.3) is 20.2 Å². The molecule has 0 aromatic heterocycles. The van der Waals surface area contributed by atoms with Crippen molar-refractivity contribution in [1.82, 2.24) is 0 Å². The van der Waals surface area contributed by atoms with Gasteiger partial charge in [0.2, 0.25) is 0 Å². The van der Waals surface area contributed by atoms with Gasteiger partial charge in [0.1, 0.15) is 21.4 Å². The molecule has 4 aromatic carbocycles. The Labute approximate surface area is 169 Å². The summed E-state index contributed by atoms with van der Waals surface area (Å²) < 4.78 is 97.5. The fourth-order valence-corrected chi connectivity index (χ4v) is 5.14. The molecule has 0 aliphatic rings. The van der Waals surface area contributed by atoms with Crippen LogP contribution in [0.4, 0.5) is 8.78 Å². The number of rotatable bonds is 3. The summed E-state index contributed by atoms with van der Waals surface area (Å²) in [6.45, 7) is 0. The maximum atomic E-state index is 14.8. The minimum absolute atomic E-state index is 0.0344. The van der Waals surface area contributed by atoms with Gasteiger partial charge in [-0.15, -0.1) is 0 Å². The second-order valence-electron chi connectivity index (χ2n) is 6.52. The van der Waals surface area contributed by atoms with Crippen LogP contribution in [0.25, 0.3) is 32.7 Å². The van der Waals surface area contributed by atoms with Gasteiger partial charge in [-0.3, -0.25) is 9.11 Å². The fourth-order valence-electron chi connectivity index (χ4n) is 3.59. The Morgan fingerprint density at radius 3 is 1.27 bits per heavy atom. The average molecular weight is 450 g/mol. The summed E-state index contributed by atoms with van der Waals surface area (Å²) in [6.07, 6.45) is 0. The van der Waals surface area contributed by atoms with Crippen molar-refractivity contribution >= 4 is 41.8 Å². The first-order valence-corrected chi connectivity index (χ1v) is 11.3. The van der Waals surface area contributed by atoms with Crippen LogP contribution >= 0.6 is 0 Å². The molecule has 154 valence electrons. The van der Waals surface area contributed by atoms with Gasteiger partial charge in [0.05, 0.1) is 0 Å². The molecular weight excluding hydrogens is 438 g/mol. The molecule has 10 heteroatoms. The Kier molecular flexibility index (Phi) is 4.62. The van der Waals surface area contributed by atoms with E-state index >= 15 is 0 Å². The molecule has 0 radical (unpaired) electrons. The standard InChI is InChI=1S/C20H12F2O6S2/c21-15-9-11-5-1-3-7-13(11)17(19(15)29(23,24)25)18-14-8-4-2-6-12(14)10-16(22)20(18)30(26,27)28/h1-10H,(H,23,24,25)(H,26,27,28). The lowest BCUT2D eigenvalue weighted by Crippen LogP contribution is -2.10. The predicted octanol–water partition coefficient (Wildman–Crippen LogP) is 4.43. The minimum Gasteiger partial charge on any atom is -0.282 e. The molecule has 0 saturated carbocycles. The van der Waals surface area contributed by atoms with Gasteiger partial charge in [0, 0.05) is 11.1 Å². The summed E-state index contributed by atoms with van der Waals surface area (Å²) in [5.41, 5.74) is -1.15. The highest BCUT2D eigenvalue weighted by Crippen LogP contribution is 2.44. The molecule has 0 aliphatic carbocycles. The van der Waals surface area contributed by atoms with E-state index in [1.54, 1.807) is 0 Å². The minimum atomic E-state index is -5.22. The molecule has 0 aliphatic heterocycles. The highest BCUT2D eigenvalue weighted by molar-refractivity contribution is 7.86. The van der Waals surface area contributed by atoms with Crippen LogP contribution in [0.15, 0.2) is 70.5 Å². The van der Waals surface area contributed by atoms with Crippen molar-refractivity contribution in [2.75, 3.05) is 0 Å². The molecule has 0 amide bonds. The Hall–Kier alpha value is -2.92. The third-order valence-electron chi connectivity index (χ3n) is 4.68. The largest absolute Gasteiger partial charge is 0.298 e. The molecule has 6 nitrogen and oxygen atoms in total. The topological polar surface area (TPSA) is 109 Å². The van der Waals surface area contributed by atoms with Crippen molar-refractivity contribution in [3.63, 3.8) is 0 Å². The van der Waals surface area contributed by atoms with Crippen molar-refractivity contribution in [1.29, 1.82) is 0 Å². The summed E-state index contributed by atoms with van der Waals surface area (Å²) in [5, 5.41) is 0.415. The van der Waals surface area contributed by atoms with Gasteiger partial charge in [0.15, 0.2) is 0 Å². The van der Waals surface area contributed by atoms with E-state index in [4.69, 9.17) is 0 Å². The average Bonchev–Trinajstić information content (AvgIpc) is 2.64. The number of halogens is 2. The van der Waals surface area contributed by atoms with Gasteiger partial charge in [-0.1, -0.05) is 48.5 Å². The first kappa shape index (κ1) is 20.4. The van der Waals surface area contributed by atoms with Crippen LogP contribution in [0.3, 0.4) is 0 Å². The van der Waals surface area contributed by atoms with E-state index in [1.165, 1.54) is 48.5 Å². The molecule has 30 heavy (non-hydrogen) atoms. The maximum Gasteiger partial charge on any atom is 0.298 e. The molecular formula is C20H12F2O6S2. The van der Waals surface area contributed by atoms with Crippen molar-refractivity contribution in [3.8, 4) is 11.1 Å². The fraction of sp³-hybridized carbons (Fsp3) is 0. The zero-order chi connectivity index (χ0) is 21.8. The summed E-state index contributed by atoms with van der Waals surface area (Å²) in [7, 11) is -10.4. The van der Waals surface area contributed by atoms with Crippen LogP contribution in [0.1, 0.15) is 0 Å². The summed E-state index contributed by atoms with van der Waals surface area (Å²) in [4.78, 5) is -2.44. The van der Waals surface area contributed by atoms with Crippen LogP contribution in [0, 0.1) is 11.6 Å². The monoisotopic (exact) mass is 450 g/mol. The number of fused-ring (bicyclic) bond motifs is 2. The molecule has 0 heterocycles. The molecule has 0 fully saturated rings. The lowest BCUT2D eigenvalue weighted by atomic mass is 9.93. The molecule has 0 spiro atoms. The van der Waals surface area contributed by atoms with E-state index in [0.29, 0.717) is 0 Å². The summed E-state index contributed by atoms with van der Waals surface area (Å²) >= 11 is 0. The first-order chi connectivity index (χ1) is 14.0. The molecule has 4 rings (SSSR count). The van der Waals surface area contributed by atoms with E-state index in [0.717, 1.165) is 12.1 Å². The SMILES string of the molecule is O=S(=O)(O)c1c(F)cc2ccccc2c1-c1c(S(=O)(=O)O)c(F)cc2ccccc12. The summed E-state index contributed by atoms with van der Waals surface area (Å²) in [5.74, 6) is -2.72. The maximum absolute atomic E-state index is 14.8. The second kappa shape index (κ2) is 6.81. The number of hydrogen-bond acceptors (Lipinski definition) is 4. The third kappa shape index (κ3) is 3.23. The van der Waals surface area contributed by atoms with Gasteiger partial charge in [-0.2, -0.15) is 16.8 Å². The van der Waals surface area contributed by atoms with Crippen molar-refractivity contribution < 1.29 is 34.7 Å². The van der Waals surface area contributed by atoms with Crippen LogP contribution in [-0.4, -0.2) is 25.9 Å². The van der Waals surface area contributed by atoms with Gasteiger partial charge in [-0.05, 0) is 33.7 Å². The molecule has 0 atom stereocenters. The zero-order valence-corrected chi connectivity index (χ0v) is 16.5. The zero-order valence-electron chi connectivity index (χ0n) is 14.9. The van der Waals surface area contributed by atoms with Crippen LogP contribution in [-0.2, 0) is 20.2 Å². The highest BCUT2D eigenvalue weighted by Gasteiger charge is 2.32. The number of benzene rings is 4. The van der Waals surface area contributed by atoms with Crippen LogP contribution in [0.5, 0.6) is 0 Å². The van der Waals surface area contributed by atoms with Crippen LogP contribution in [0.2, 0.25) is 0 Å². The molecule has 0 bridgehead atoms. The van der Waals surface area contributed by atoms with E-state index in [2.05, 4.69) is 0 Å². The smallest absolute Gasteiger partial charge is 0.282 e. The first-order valence-electron chi connectivity index (χ1n) is 8.38. The van der Waals surface area contributed by atoms with E-state index in [1.807, 2.05) is 0 Å². The molecule has 4 aromatic rings. The molecule has 0 saturated heterocycles. The molecule has 0 unspecified atom stereocenters. The van der Waals surface area contributed by atoms with Crippen molar-refractivity contribution in [2.45, 2.75) is 9.79 Å². The Morgan fingerprint density at radius 1 is 0.600 bits per heavy atom. The lowest BCUT2D eigenvalue weighted by Gasteiger charge is -2.18. The highest BCUT2D eigenvalue weighted by atomic mass is 32.2. The Bertz CT molecular complexity index is 1440. The quantitative estimate of drug-likeness (QED) is 0.447. The van der Waals surface area contributed by atoms with Crippen molar-refractivity contribution in [2.24, 2.45) is 0 Å². The number of hydrogen-bond donors (Lipinski definition) is 2. The third-order valence-corrected chi connectivity index (χ3v) is 6.51. The summed E-state index contributed by atoms with van der Waals surface area (Å²) in [6, 6.07) is 13.3. The second-order valence-corrected chi connectivity index (χ2v) is 9.23. The Morgan fingerprint density at radius 2 is 0.933 bits per heavy atom. The van der Waals surface area contributed by atoms with Gasteiger partial charge in [-0.25, -0.2) is 8.78 Å². The van der Waals surface area contributed by atoms with Crippen molar-refractivity contribution in [3.05, 3.63) is 72.3 Å². The van der Waals surface area contributed by atoms with Gasteiger partial charge < -0.3 is 0 Å². The Balaban J connectivity index is 2.42. The predicted molar refractivity (Wildman–Crippen MR) is 106 cm³/mol. The molecule has 2 N–H and O–H groups in total. The van der Waals surface area contributed by atoms with Gasteiger partial charge >= 0.3 is 0 Å². The van der Waals surface area contributed by atoms with E-state index in [9.17, 15) is 34.7 Å². The normalized spacial score (nSPS) is 12.5. The van der Waals surface area contributed by atoms with E-state index in [-0.39, 0.29) is 21.5 Å².